The topological polar surface area (TPSA) is 127 Å². The molecule has 0 aromatic heterocycles. The van der Waals surface area contributed by atoms with E-state index >= 15 is 0 Å². The van der Waals surface area contributed by atoms with Crippen molar-refractivity contribution in [1.82, 2.24) is 5.43 Å². The van der Waals surface area contributed by atoms with Gasteiger partial charge in [-0.15, -0.1) is 5.11 Å². The second-order valence-electron chi connectivity index (χ2n) is 2.64. The summed E-state index contributed by atoms with van der Waals surface area (Å²) in [6.45, 7) is 0. The van der Waals surface area contributed by atoms with Crippen LogP contribution in [0.2, 0.25) is 0 Å². The largest absolute Gasteiger partial charge is 0.315 e. The van der Waals surface area contributed by atoms with Gasteiger partial charge in [0.25, 0.3) is 0 Å². The molecule has 0 bridgehead atoms. The third-order valence-electron chi connectivity index (χ3n) is 1.45. The molecule has 0 fully saturated rings. The molecule has 0 aliphatic heterocycles. The number of rotatable bonds is 2. The summed E-state index contributed by atoms with van der Waals surface area (Å²) in [5.41, 5.74) is 17.2. The van der Waals surface area contributed by atoms with Gasteiger partial charge in [-0.3, -0.25) is 11.5 Å². The summed E-state index contributed by atoms with van der Waals surface area (Å²) in [6, 6.07) is 9.46. The highest BCUT2D eigenvalue weighted by molar-refractivity contribution is 7.97. The number of nitrogens with two attached hydrogens (primary N) is 3. The summed E-state index contributed by atoms with van der Waals surface area (Å²) >= 11 is 0. The lowest BCUT2D eigenvalue weighted by atomic mass is 10.3. The third kappa shape index (κ3) is 4.66. The number of hydrogen-bond acceptors (Lipinski definition) is 2. The number of hydrazine groups is 1. The van der Waals surface area contributed by atoms with E-state index in [1.807, 2.05) is 30.3 Å². The summed E-state index contributed by atoms with van der Waals surface area (Å²) in [7, 11) is 1.02. The lowest BCUT2D eigenvalue weighted by Gasteiger charge is -2.05. The molecular weight excluding hydrogens is 226 g/mol. The average molecular weight is 239 g/mol. The fourth-order valence-corrected chi connectivity index (χ4v) is 1.30. The smallest absolute Gasteiger partial charge is 0.205 e. The van der Waals surface area contributed by atoms with Crippen molar-refractivity contribution in [2.45, 2.75) is 0 Å². The molecule has 16 heavy (non-hydrogen) atoms. The number of para-hydroxylation sites is 1. The zero-order valence-electron chi connectivity index (χ0n) is 8.42. The highest BCUT2D eigenvalue weighted by atomic mass is 32.1. The lowest BCUT2D eigenvalue weighted by molar-refractivity contribution is 1.03. The summed E-state index contributed by atoms with van der Waals surface area (Å²) in [6.07, 6.45) is 0. The molecule has 8 heteroatoms. The second-order valence-corrected chi connectivity index (χ2v) is 3.70. The maximum atomic E-state index is 5.32. The molecule has 0 aliphatic rings. The van der Waals surface area contributed by atoms with E-state index in [4.69, 9.17) is 17.3 Å². The van der Waals surface area contributed by atoms with E-state index in [9.17, 15) is 0 Å². The fraction of sp³-hybridized carbons (Fsp3) is 0. The minimum atomic E-state index is 0.143. The lowest BCUT2D eigenvalue weighted by Crippen LogP contribution is -2.28. The van der Waals surface area contributed by atoms with Crippen molar-refractivity contribution in [2.24, 2.45) is 27.6 Å². The normalized spacial score (nSPS) is 10.1. The van der Waals surface area contributed by atoms with Crippen LogP contribution >= 0.6 is 10.9 Å². The predicted octanol–water partition coefficient (Wildman–Crippen LogP) is -0.246. The Labute approximate surface area is 96.2 Å². The molecule has 0 atom stereocenters. The van der Waals surface area contributed by atoms with Crippen LogP contribution in [-0.2, 0) is 0 Å². The molecule has 0 amide bonds. The molecule has 0 aliphatic carbocycles. The first-order valence-electron chi connectivity index (χ1n) is 4.33. The Kier molecular flexibility index (Phi) is 5.16. The van der Waals surface area contributed by atoms with Crippen LogP contribution in [0.4, 0.5) is 5.69 Å². The van der Waals surface area contributed by atoms with E-state index in [-0.39, 0.29) is 5.11 Å². The Morgan fingerprint density at radius 3 is 2.44 bits per heavy atom. The van der Waals surface area contributed by atoms with Crippen LogP contribution in [0.15, 0.2) is 40.7 Å². The van der Waals surface area contributed by atoms with Crippen molar-refractivity contribution in [3.63, 3.8) is 0 Å². The van der Waals surface area contributed by atoms with Crippen molar-refractivity contribution in [3.05, 3.63) is 30.3 Å². The van der Waals surface area contributed by atoms with Gasteiger partial charge in [0.05, 0.1) is 0 Å². The van der Waals surface area contributed by atoms with E-state index in [0.717, 1.165) is 16.6 Å². The minimum absolute atomic E-state index is 0.143. The average Bonchev–Trinajstić information content (AvgIpc) is 2.27. The molecule has 0 spiro atoms. The van der Waals surface area contributed by atoms with Gasteiger partial charge in [-0.2, -0.15) is 5.43 Å². The summed E-state index contributed by atoms with van der Waals surface area (Å²) < 4.78 is 0. The van der Waals surface area contributed by atoms with E-state index in [2.05, 4.69) is 21.2 Å². The van der Waals surface area contributed by atoms with Crippen LogP contribution in [0.3, 0.4) is 0 Å². The SMILES string of the molecule is NN=NC(NNc1ccccc1)=S=C(N)N. The van der Waals surface area contributed by atoms with E-state index < -0.39 is 0 Å². The molecule has 0 unspecified atom stereocenters. The van der Waals surface area contributed by atoms with Gasteiger partial charge in [0, 0.05) is 5.69 Å². The van der Waals surface area contributed by atoms with Gasteiger partial charge in [-0.05, 0) is 12.1 Å². The standard InChI is InChI=1S/C8H13N7S/c9-7(10)16-8(14-15-11)13-12-6-4-2-1-3-5-6/h1-5,12-13H,9-10H2,(H2,11,14). The van der Waals surface area contributed by atoms with Gasteiger partial charge in [0.1, 0.15) is 5.11 Å². The molecule has 7 nitrogen and oxygen atoms in total. The Hall–Kier alpha value is -1.74. The first-order valence-corrected chi connectivity index (χ1v) is 5.14. The maximum absolute atomic E-state index is 5.32. The molecule has 8 N–H and O–H groups in total. The third-order valence-corrected chi connectivity index (χ3v) is 2.06. The Morgan fingerprint density at radius 2 is 1.88 bits per heavy atom. The monoisotopic (exact) mass is 239 g/mol. The number of nitrogens with zero attached hydrogens (tertiary/aromatic N) is 2. The zero-order chi connectivity index (χ0) is 11.8. The van der Waals surface area contributed by atoms with Gasteiger partial charge >= 0.3 is 0 Å². The van der Waals surface area contributed by atoms with Gasteiger partial charge in [-0.1, -0.05) is 34.4 Å². The molecule has 0 heterocycles. The van der Waals surface area contributed by atoms with Gasteiger partial charge in [0.15, 0.2) is 0 Å². The zero-order valence-corrected chi connectivity index (χ0v) is 9.24. The number of anilines is 1. The molecule has 0 radical (unpaired) electrons. The number of nitrogens with one attached hydrogen (secondary N) is 2. The Balaban J connectivity index is 2.69. The number of benzene rings is 1. The first-order chi connectivity index (χ1) is 7.72. The van der Waals surface area contributed by atoms with Gasteiger partial charge < -0.3 is 11.3 Å². The van der Waals surface area contributed by atoms with Crippen molar-refractivity contribution in [1.29, 1.82) is 0 Å². The van der Waals surface area contributed by atoms with Crippen LogP contribution in [0.1, 0.15) is 0 Å². The second kappa shape index (κ2) is 6.69. The van der Waals surface area contributed by atoms with Crippen LogP contribution in [0, 0.1) is 0 Å². The molecule has 86 valence electrons. The molecule has 1 aromatic rings. The molecular formula is C8H13N7S. The Bertz CT molecular complexity index is 417. The van der Waals surface area contributed by atoms with E-state index in [1.165, 1.54) is 0 Å². The van der Waals surface area contributed by atoms with Crippen molar-refractivity contribution < 1.29 is 0 Å². The van der Waals surface area contributed by atoms with Crippen molar-refractivity contribution in [3.8, 4) is 0 Å². The quantitative estimate of drug-likeness (QED) is 0.210. The van der Waals surface area contributed by atoms with Gasteiger partial charge in [0.2, 0.25) is 5.11 Å². The number of hydrogen-bond donors (Lipinski definition) is 5. The highest BCUT2D eigenvalue weighted by Crippen LogP contribution is 2.02. The fourth-order valence-electron chi connectivity index (χ4n) is 0.882. The first kappa shape index (κ1) is 12.3. The maximum Gasteiger partial charge on any atom is 0.205 e. The summed E-state index contributed by atoms with van der Waals surface area (Å²) in [5, 5.41) is 7.25. The predicted molar refractivity (Wildman–Crippen MR) is 68.2 cm³/mol. The summed E-state index contributed by atoms with van der Waals surface area (Å²) in [5.74, 6) is 4.94. The van der Waals surface area contributed by atoms with Crippen molar-refractivity contribution >= 4 is 26.9 Å². The van der Waals surface area contributed by atoms with Crippen molar-refractivity contribution in [2.75, 3.05) is 5.43 Å². The van der Waals surface area contributed by atoms with Gasteiger partial charge in [-0.25, -0.2) is 0 Å². The molecule has 0 saturated carbocycles. The highest BCUT2D eigenvalue weighted by Gasteiger charge is 1.93. The van der Waals surface area contributed by atoms with Crippen LogP contribution in [0.5, 0.6) is 0 Å². The van der Waals surface area contributed by atoms with Crippen LogP contribution in [-0.4, -0.2) is 10.2 Å². The minimum Gasteiger partial charge on any atom is -0.315 e. The van der Waals surface area contributed by atoms with Crippen LogP contribution < -0.4 is 28.2 Å². The molecule has 1 rings (SSSR count). The van der Waals surface area contributed by atoms with Crippen LogP contribution in [0.25, 0.3) is 0 Å². The molecule has 1 aromatic carbocycles. The van der Waals surface area contributed by atoms with E-state index in [1.54, 1.807) is 0 Å². The Morgan fingerprint density at radius 1 is 1.19 bits per heavy atom. The molecule has 0 saturated heterocycles. The summed E-state index contributed by atoms with van der Waals surface area (Å²) in [4.78, 5) is 0. The van der Waals surface area contributed by atoms with E-state index in [0.29, 0.717) is 5.11 Å².